The number of nitrogens with one attached hydrogen (secondary N) is 1. The largest absolute Gasteiger partial charge is 0.312 e. The molecule has 1 aromatic carbocycles. The van der Waals surface area contributed by atoms with Gasteiger partial charge < -0.3 is 5.32 Å². The monoisotopic (exact) mass is 287 g/mol. The summed E-state index contributed by atoms with van der Waals surface area (Å²) in [5, 5.41) is 4.23. The number of rotatable bonds is 7. The molecule has 0 aliphatic carbocycles. The maximum atomic E-state index is 4.40. The van der Waals surface area contributed by atoms with Crippen LogP contribution in [0.2, 0.25) is 0 Å². The standard InChI is InChI=1S/C16H21N3S/c1-13(2)8-17-9-15-10-18-16(19-11-15)20-12-14-6-4-3-5-7-14/h3-7,10-11,13,17H,8-9,12H2,1-2H3. The second kappa shape index (κ2) is 8.02. The molecule has 0 unspecified atom stereocenters. The van der Waals surface area contributed by atoms with Gasteiger partial charge in [-0.3, -0.25) is 0 Å². The van der Waals surface area contributed by atoms with Gasteiger partial charge in [0.05, 0.1) is 0 Å². The lowest BCUT2D eigenvalue weighted by atomic mass is 10.2. The normalized spacial score (nSPS) is 10.9. The van der Waals surface area contributed by atoms with Gasteiger partial charge in [0.2, 0.25) is 0 Å². The Labute approximate surface area is 125 Å². The van der Waals surface area contributed by atoms with Crippen molar-refractivity contribution in [2.24, 2.45) is 5.92 Å². The van der Waals surface area contributed by atoms with Gasteiger partial charge >= 0.3 is 0 Å². The molecule has 2 rings (SSSR count). The van der Waals surface area contributed by atoms with Crippen LogP contribution in [0.3, 0.4) is 0 Å². The molecule has 0 bridgehead atoms. The molecular formula is C16H21N3S. The molecule has 2 aromatic rings. The molecule has 3 nitrogen and oxygen atoms in total. The third-order valence-electron chi connectivity index (χ3n) is 2.77. The number of aromatic nitrogens is 2. The van der Waals surface area contributed by atoms with E-state index in [1.165, 1.54) is 5.56 Å². The molecule has 1 N–H and O–H groups in total. The Kier molecular flexibility index (Phi) is 6.02. The van der Waals surface area contributed by atoms with Gasteiger partial charge in [-0.15, -0.1) is 0 Å². The van der Waals surface area contributed by atoms with E-state index in [2.05, 4.69) is 53.4 Å². The van der Waals surface area contributed by atoms with Crippen LogP contribution in [-0.4, -0.2) is 16.5 Å². The predicted molar refractivity (Wildman–Crippen MR) is 84.6 cm³/mol. The molecule has 106 valence electrons. The van der Waals surface area contributed by atoms with Crippen molar-refractivity contribution in [1.82, 2.24) is 15.3 Å². The molecule has 0 radical (unpaired) electrons. The molecule has 0 aliphatic rings. The zero-order chi connectivity index (χ0) is 14.2. The molecule has 20 heavy (non-hydrogen) atoms. The van der Waals surface area contributed by atoms with Crippen molar-refractivity contribution in [2.75, 3.05) is 6.54 Å². The Morgan fingerprint density at radius 1 is 1.05 bits per heavy atom. The number of hydrogen-bond acceptors (Lipinski definition) is 4. The predicted octanol–water partition coefficient (Wildman–Crippen LogP) is 3.51. The van der Waals surface area contributed by atoms with E-state index in [0.717, 1.165) is 29.6 Å². The second-order valence-corrected chi connectivity index (χ2v) is 6.12. The molecule has 0 spiro atoms. The topological polar surface area (TPSA) is 37.8 Å². The lowest BCUT2D eigenvalue weighted by Crippen LogP contribution is -2.19. The highest BCUT2D eigenvalue weighted by Crippen LogP contribution is 2.18. The maximum Gasteiger partial charge on any atom is 0.187 e. The Morgan fingerprint density at radius 2 is 1.75 bits per heavy atom. The summed E-state index contributed by atoms with van der Waals surface area (Å²) in [6, 6.07) is 10.4. The van der Waals surface area contributed by atoms with Crippen LogP contribution in [0.4, 0.5) is 0 Å². The van der Waals surface area contributed by atoms with Gasteiger partial charge in [-0.05, 0) is 18.0 Å². The lowest BCUT2D eigenvalue weighted by Gasteiger charge is -2.07. The summed E-state index contributed by atoms with van der Waals surface area (Å²) in [5.74, 6) is 1.57. The fraction of sp³-hybridized carbons (Fsp3) is 0.375. The first-order chi connectivity index (χ1) is 9.74. The third-order valence-corrected chi connectivity index (χ3v) is 3.72. The average molecular weight is 287 g/mol. The van der Waals surface area contributed by atoms with Crippen LogP contribution < -0.4 is 5.32 Å². The molecule has 0 amide bonds. The van der Waals surface area contributed by atoms with Gasteiger partial charge in [-0.2, -0.15) is 0 Å². The van der Waals surface area contributed by atoms with E-state index in [1.807, 2.05) is 18.5 Å². The summed E-state index contributed by atoms with van der Waals surface area (Å²) >= 11 is 1.67. The number of hydrogen-bond donors (Lipinski definition) is 1. The molecule has 0 aliphatic heterocycles. The minimum atomic E-state index is 0.664. The lowest BCUT2D eigenvalue weighted by molar-refractivity contribution is 0.550. The highest BCUT2D eigenvalue weighted by Gasteiger charge is 2.00. The maximum absolute atomic E-state index is 4.40. The van der Waals surface area contributed by atoms with E-state index in [4.69, 9.17) is 0 Å². The van der Waals surface area contributed by atoms with Crippen molar-refractivity contribution >= 4 is 11.8 Å². The van der Waals surface area contributed by atoms with Gasteiger partial charge in [0.25, 0.3) is 0 Å². The van der Waals surface area contributed by atoms with Crippen LogP contribution in [0, 0.1) is 5.92 Å². The van der Waals surface area contributed by atoms with Crippen molar-refractivity contribution in [3.05, 3.63) is 53.9 Å². The smallest absolute Gasteiger partial charge is 0.187 e. The first kappa shape index (κ1) is 15.0. The summed E-state index contributed by atoms with van der Waals surface area (Å²) < 4.78 is 0. The van der Waals surface area contributed by atoms with Crippen LogP contribution in [-0.2, 0) is 12.3 Å². The molecule has 0 atom stereocenters. The first-order valence-electron chi connectivity index (χ1n) is 6.92. The quantitative estimate of drug-likeness (QED) is 0.624. The van der Waals surface area contributed by atoms with E-state index in [0.29, 0.717) is 5.92 Å². The highest BCUT2D eigenvalue weighted by atomic mass is 32.2. The van der Waals surface area contributed by atoms with Gasteiger partial charge in [0.1, 0.15) is 0 Å². The third kappa shape index (κ3) is 5.31. The van der Waals surface area contributed by atoms with E-state index in [-0.39, 0.29) is 0 Å². The van der Waals surface area contributed by atoms with Crippen molar-refractivity contribution in [2.45, 2.75) is 31.3 Å². The minimum Gasteiger partial charge on any atom is -0.312 e. The summed E-state index contributed by atoms with van der Waals surface area (Å²) in [4.78, 5) is 8.81. The van der Waals surface area contributed by atoms with Crippen LogP contribution in [0.15, 0.2) is 47.9 Å². The molecule has 0 fully saturated rings. The first-order valence-corrected chi connectivity index (χ1v) is 7.91. The number of nitrogens with zero attached hydrogens (tertiary/aromatic N) is 2. The Balaban J connectivity index is 1.79. The highest BCUT2D eigenvalue weighted by molar-refractivity contribution is 7.98. The molecule has 0 saturated heterocycles. The average Bonchev–Trinajstić information content (AvgIpc) is 2.47. The number of benzene rings is 1. The summed E-state index contributed by atoms with van der Waals surface area (Å²) in [7, 11) is 0. The molecule has 4 heteroatoms. The molecule has 1 heterocycles. The molecule has 1 aromatic heterocycles. The zero-order valence-electron chi connectivity index (χ0n) is 12.0. The SMILES string of the molecule is CC(C)CNCc1cnc(SCc2ccccc2)nc1. The van der Waals surface area contributed by atoms with Crippen molar-refractivity contribution in [1.29, 1.82) is 0 Å². The summed E-state index contributed by atoms with van der Waals surface area (Å²) in [6.45, 7) is 6.26. The van der Waals surface area contributed by atoms with Crippen LogP contribution in [0.1, 0.15) is 25.0 Å². The van der Waals surface area contributed by atoms with Crippen LogP contribution in [0.5, 0.6) is 0 Å². The Hall–Kier alpha value is -1.39. The fourth-order valence-corrected chi connectivity index (χ4v) is 2.48. The zero-order valence-corrected chi connectivity index (χ0v) is 12.9. The van der Waals surface area contributed by atoms with Gasteiger partial charge in [-0.25, -0.2) is 9.97 Å². The van der Waals surface area contributed by atoms with E-state index in [1.54, 1.807) is 11.8 Å². The molecule has 0 saturated carbocycles. The molecular weight excluding hydrogens is 266 g/mol. The van der Waals surface area contributed by atoms with Crippen LogP contribution >= 0.6 is 11.8 Å². The van der Waals surface area contributed by atoms with E-state index in [9.17, 15) is 0 Å². The second-order valence-electron chi connectivity index (χ2n) is 5.17. The van der Waals surface area contributed by atoms with E-state index < -0.39 is 0 Å². The van der Waals surface area contributed by atoms with Gasteiger partial charge in [0.15, 0.2) is 5.16 Å². The number of thioether (sulfide) groups is 1. The summed E-state index contributed by atoms with van der Waals surface area (Å²) in [6.07, 6.45) is 3.82. The summed E-state index contributed by atoms with van der Waals surface area (Å²) in [5.41, 5.74) is 2.43. The van der Waals surface area contributed by atoms with Crippen molar-refractivity contribution in [3.63, 3.8) is 0 Å². The Morgan fingerprint density at radius 3 is 2.40 bits per heavy atom. The minimum absolute atomic E-state index is 0.664. The van der Waals surface area contributed by atoms with Crippen LogP contribution in [0.25, 0.3) is 0 Å². The van der Waals surface area contributed by atoms with E-state index >= 15 is 0 Å². The fourth-order valence-electron chi connectivity index (χ4n) is 1.74. The van der Waals surface area contributed by atoms with Crippen molar-refractivity contribution in [3.8, 4) is 0 Å². The Bertz CT molecular complexity index is 497. The van der Waals surface area contributed by atoms with Crippen molar-refractivity contribution < 1.29 is 0 Å². The van der Waals surface area contributed by atoms with Gasteiger partial charge in [-0.1, -0.05) is 55.9 Å². The van der Waals surface area contributed by atoms with Gasteiger partial charge in [0, 0.05) is 30.3 Å².